The van der Waals surface area contributed by atoms with Crippen LogP contribution in [0, 0.1) is 6.92 Å². The maximum Gasteiger partial charge on any atom is 0.331 e. The number of methoxy groups -OCH3 is 1. The Balaban J connectivity index is 1.87. The van der Waals surface area contributed by atoms with Gasteiger partial charge >= 0.3 is 5.97 Å². The molecule has 6 heteroatoms. The van der Waals surface area contributed by atoms with Gasteiger partial charge in [0.05, 0.1) is 7.11 Å². The molecule has 0 radical (unpaired) electrons. The summed E-state index contributed by atoms with van der Waals surface area (Å²) in [7, 11) is 1.55. The molecule has 0 saturated heterocycles. The average molecular weight is 360 g/mol. The van der Waals surface area contributed by atoms with E-state index in [1.807, 2.05) is 19.1 Å². The Morgan fingerprint density at radius 1 is 1.20 bits per heavy atom. The Morgan fingerprint density at radius 2 is 1.96 bits per heavy atom. The average Bonchev–Trinajstić information content (AvgIpc) is 2.60. The molecule has 0 aliphatic heterocycles. The monoisotopic (exact) mass is 359 g/mol. The van der Waals surface area contributed by atoms with E-state index in [1.165, 1.54) is 6.08 Å². The zero-order valence-corrected chi connectivity index (χ0v) is 14.7. The molecule has 0 bridgehead atoms. The largest absolute Gasteiger partial charge is 0.496 e. The number of benzene rings is 2. The molecule has 5 nitrogen and oxygen atoms in total. The van der Waals surface area contributed by atoms with Crippen LogP contribution in [0.15, 0.2) is 48.5 Å². The molecule has 2 rings (SSSR count). The van der Waals surface area contributed by atoms with E-state index in [4.69, 9.17) is 21.1 Å². The van der Waals surface area contributed by atoms with Gasteiger partial charge in [0.1, 0.15) is 5.75 Å². The molecule has 2 aromatic rings. The first-order chi connectivity index (χ1) is 12.0. The predicted molar refractivity (Wildman–Crippen MR) is 97.8 cm³/mol. The molecule has 0 saturated carbocycles. The van der Waals surface area contributed by atoms with E-state index in [1.54, 1.807) is 43.5 Å². The predicted octanol–water partition coefficient (Wildman–Crippen LogP) is 3.85. The van der Waals surface area contributed by atoms with Gasteiger partial charge in [-0.15, -0.1) is 0 Å². The van der Waals surface area contributed by atoms with Crippen LogP contribution in [-0.4, -0.2) is 25.6 Å². The van der Waals surface area contributed by atoms with Crippen LogP contribution in [0.1, 0.15) is 11.1 Å². The van der Waals surface area contributed by atoms with Crippen LogP contribution in [0.25, 0.3) is 6.08 Å². The van der Waals surface area contributed by atoms with Crippen LogP contribution < -0.4 is 10.1 Å². The number of aryl methyl sites for hydroxylation is 1. The van der Waals surface area contributed by atoms with E-state index in [0.717, 1.165) is 11.1 Å². The van der Waals surface area contributed by atoms with Crippen molar-refractivity contribution >= 4 is 35.2 Å². The minimum Gasteiger partial charge on any atom is -0.496 e. The Kier molecular flexibility index (Phi) is 6.60. The standard InChI is InChI=1S/C19H18ClNO4/c1-13-11-15(20)8-9-16(13)21-18(22)12-25-19(23)10-7-14-5-3-4-6-17(14)24-2/h3-11H,12H2,1-2H3,(H,21,22)/b10-7+. The molecular formula is C19H18ClNO4. The van der Waals surface area contributed by atoms with Gasteiger partial charge < -0.3 is 14.8 Å². The number of para-hydroxylation sites is 1. The van der Waals surface area contributed by atoms with Gasteiger partial charge in [0, 0.05) is 22.3 Å². The fourth-order valence-electron chi connectivity index (χ4n) is 2.10. The first-order valence-electron chi connectivity index (χ1n) is 7.53. The molecule has 0 heterocycles. The molecule has 0 aliphatic rings. The highest BCUT2D eigenvalue weighted by Gasteiger charge is 2.08. The van der Waals surface area contributed by atoms with Gasteiger partial charge in [-0.1, -0.05) is 29.8 Å². The van der Waals surface area contributed by atoms with Gasteiger partial charge in [0.25, 0.3) is 5.91 Å². The van der Waals surface area contributed by atoms with Gasteiger partial charge in [-0.25, -0.2) is 4.79 Å². The summed E-state index contributed by atoms with van der Waals surface area (Å²) >= 11 is 5.86. The third-order valence-corrected chi connectivity index (χ3v) is 3.58. The second-order valence-electron chi connectivity index (χ2n) is 5.19. The maximum absolute atomic E-state index is 11.9. The van der Waals surface area contributed by atoms with Crippen molar-refractivity contribution in [2.45, 2.75) is 6.92 Å². The molecule has 0 atom stereocenters. The SMILES string of the molecule is COc1ccccc1/C=C/C(=O)OCC(=O)Nc1ccc(Cl)cc1C. The summed E-state index contributed by atoms with van der Waals surface area (Å²) in [6, 6.07) is 12.4. The van der Waals surface area contributed by atoms with E-state index in [2.05, 4.69) is 5.32 Å². The number of amides is 1. The fraction of sp³-hybridized carbons (Fsp3) is 0.158. The Hall–Kier alpha value is -2.79. The number of esters is 1. The molecule has 25 heavy (non-hydrogen) atoms. The molecule has 0 spiro atoms. The summed E-state index contributed by atoms with van der Waals surface area (Å²) in [6.07, 6.45) is 2.82. The topological polar surface area (TPSA) is 64.6 Å². The quantitative estimate of drug-likeness (QED) is 0.628. The van der Waals surface area contributed by atoms with Crippen LogP contribution in [0.2, 0.25) is 5.02 Å². The summed E-state index contributed by atoms with van der Waals surface area (Å²) in [5, 5.41) is 3.25. The van der Waals surface area contributed by atoms with E-state index < -0.39 is 11.9 Å². The summed E-state index contributed by atoms with van der Waals surface area (Å²) in [5.41, 5.74) is 2.18. The van der Waals surface area contributed by atoms with Crippen molar-refractivity contribution in [1.82, 2.24) is 0 Å². The Labute approximate surface area is 151 Å². The van der Waals surface area contributed by atoms with Crippen molar-refractivity contribution in [3.05, 3.63) is 64.7 Å². The van der Waals surface area contributed by atoms with Crippen LogP contribution >= 0.6 is 11.6 Å². The van der Waals surface area contributed by atoms with Gasteiger partial charge in [-0.05, 0) is 42.8 Å². The fourth-order valence-corrected chi connectivity index (χ4v) is 2.33. The molecule has 2 aromatic carbocycles. The molecule has 130 valence electrons. The number of hydrogen-bond acceptors (Lipinski definition) is 4. The smallest absolute Gasteiger partial charge is 0.331 e. The van der Waals surface area contributed by atoms with Crippen molar-refractivity contribution < 1.29 is 19.1 Å². The van der Waals surface area contributed by atoms with E-state index in [9.17, 15) is 9.59 Å². The van der Waals surface area contributed by atoms with Crippen molar-refractivity contribution in [1.29, 1.82) is 0 Å². The van der Waals surface area contributed by atoms with Gasteiger partial charge in [0.15, 0.2) is 6.61 Å². The minimum absolute atomic E-state index is 0.378. The first kappa shape index (κ1) is 18.5. The lowest BCUT2D eigenvalue weighted by Crippen LogP contribution is -2.20. The summed E-state index contributed by atoms with van der Waals surface area (Å²) < 4.78 is 10.1. The Morgan fingerprint density at radius 3 is 2.68 bits per heavy atom. The number of halogens is 1. The lowest BCUT2D eigenvalue weighted by Gasteiger charge is -2.08. The molecule has 1 amide bonds. The van der Waals surface area contributed by atoms with Crippen molar-refractivity contribution in [2.24, 2.45) is 0 Å². The molecule has 0 aromatic heterocycles. The third-order valence-electron chi connectivity index (χ3n) is 3.35. The van der Waals surface area contributed by atoms with E-state index >= 15 is 0 Å². The number of hydrogen-bond donors (Lipinski definition) is 1. The van der Waals surface area contributed by atoms with E-state index in [0.29, 0.717) is 16.5 Å². The summed E-state index contributed by atoms with van der Waals surface area (Å²) in [4.78, 5) is 23.6. The van der Waals surface area contributed by atoms with Crippen LogP contribution in [0.4, 0.5) is 5.69 Å². The number of carbonyl (C=O) groups is 2. The van der Waals surface area contributed by atoms with Crippen LogP contribution in [-0.2, 0) is 14.3 Å². The van der Waals surface area contributed by atoms with Crippen LogP contribution in [0.5, 0.6) is 5.75 Å². The van der Waals surface area contributed by atoms with Crippen molar-refractivity contribution in [3.63, 3.8) is 0 Å². The number of carbonyl (C=O) groups excluding carboxylic acids is 2. The van der Waals surface area contributed by atoms with Gasteiger partial charge in [-0.2, -0.15) is 0 Å². The highest BCUT2D eigenvalue weighted by atomic mass is 35.5. The van der Waals surface area contributed by atoms with Gasteiger partial charge in [0.2, 0.25) is 0 Å². The zero-order chi connectivity index (χ0) is 18.2. The van der Waals surface area contributed by atoms with Gasteiger partial charge in [-0.3, -0.25) is 4.79 Å². The summed E-state index contributed by atoms with van der Waals surface area (Å²) in [6.45, 7) is 1.45. The highest BCUT2D eigenvalue weighted by Crippen LogP contribution is 2.20. The lowest BCUT2D eigenvalue weighted by atomic mass is 10.2. The number of nitrogens with one attached hydrogen (secondary N) is 1. The molecular weight excluding hydrogens is 342 g/mol. The van der Waals surface area contributed by atoms with Crippen molar-refractivity contribution in [3.8, 4) is 5.75 Å². The molecule has 0 fully saturated rings. The first-order valence-corrected chi connectivity index (χ1v) is 7.91. The van der Waals surface area contributed by atoms with E-state index in [-0.39, 0.29) is 6.61 Å². The number of anilines is 1. The molecule has 1 N–H and O–H groups in total. The summed E-state index contributed by atoms with van der Waals surface area (Å²) in [5.74, 6) is -0.402. The zero-order valence-electron chi connectivity index (χ0n) is 13.9. The lowest BCUT2D eigenvalue weighted by molar-refractivity contribution is -0.142. The molecule has 0 unspecified atom stereocenters. The third kappa shape index (κ3) is 5.65. The van der Waals surface area contributed by atoms with Crippen LogP contribution in [0.3, 0.4) is 0 Å². The second kappa shape index (κ2) is 8.89. The second-order valence-corrected chi connectivity index (χ2v) is 5.63. The number of ether oxygens (including phenoxy) is 2. The normalized spacial score (nSPS) is 10.5. The highest BCUT2D eigenvalue weighted by molar-refractivity contribution is 6.30. The van der Waals surface area contributed by atoms with Crippen molar-refractivity contribution in [2.75, 3.05) is 19.0 Å². The number of rotatable bonds is 6. The molecule has 0 aliphatic carbocycles. The minimum atomic E-state index is -0.617. The Bertz CT molecular complexity index is 802. The maximum atomic E-state index is 11.9.